The first-order chi connectivity index (χ1) is 12.8. The fourth-order valence-corrected chi connectivity index (χ4v) is 3.08. The molecule has 0 radical (unpaired) electrons. The van der Waals surface area contributed by atoms with Crippen molar-refractivity contribution < 1.29 is 14.0 Å². The van der Waals surface area contributed by atoms with E-state index in [1.807, 2.05) is 19.0 Å². The van der Waals surface area contributed by atoms with E-state index in [1.54, 1.807) is 12.1 Å². The Kier molecular flexibility index (Phi) is 5.62. The Hall–Kier alpha value is -2.65. The molecule has 0 bridgehead atoms. The molecule has 1 aromatic carbocycles. The average Bonchev–Trinajstić information content (AvgIpc) is 3.09. The zero-order chi connectivity index (χ0) is 19.6. The fourth-order valence-electron chi connectivity index (χ4n) is 2.91. The van der Waals surface area contributed by atoms with Crippen LogP contribution in [-0.2, 0) is 11.2 Å². The molecule has 1 aromatic heterocycles. The molecule has 2 heterocycles. The van der Waals surface area contributed by atoms with E-state index < -0.39 is 0 Å². The number of amides is 2. The number of hydrogen-bond donors (Lipinski definition) is 1. The minimum atomic E-state index is -0.357. The van der Waals surface area contributed by atoms with Crippen LogP contribution in [0.5, 0.6) is 0 Å². The first-order valence-electron chi connectivity index (χ1n) is 8.43. The van der Waals surface area contributed by atoms with Crippen molar-refractivity contribution in [2.24, 2.45) is 0 Å². The smallest absolute Gasteiger partial charge is 0.289 e. The quantitative estimate of drug-likeness (QED) is 0.805. The van der Waals surface area contributed by atoms with Crippen LogP contribution in [0.2, 0.25) is 0 Å². The molecule has 142 valence electrons. The summed E-state index contributed by atoms with van der Waals surface area (Å²) in [7, 11) is 3.81. The maximum atomic E-state index is 13.1. The number of aromatic nitrogens is 2. The van der Waals surface area contributed by atoms with Gasteiger partial charge in [-0.05, 0) is 50.1 Å². The van der Waals surface area contributed by atoms with E-state index in [1.165, 1.54) is 34.4 Å². The summed E-state index contributed by atoms with van der Waals surface area (Å²) in [5.74, 6) is -0.933. The number of aromatic amines is 1. The van der Waals surface area contributed by atoms with E-state index in [-0.39, 0.29) is 40.6 Å². The second-order valence-corrected chi connectivity index (χ2v) is 6.96. The van der Waals surface area contributed by atoms with Gasteiger partial charge < -0.3 is 9.88 Å². The minimum Gasteiger partial charge on any atom is -0.326 e. The Morgan fingerprint density at radius 1 is 1.22 bits per heavy atom. The van der Waals surface area contributed by atoms with Crippen molar-refractivity contribution >= 4 is 24.0 Å². The van der Waals surface area contributed by atoms with Gasteiger partial charge in [-0.1, -0.05) is 12.1 Å². The third-order valence-electron chi connectivity index (χ3n) is 4.49. The number of rotatable bonds is 4. The van der Waals surface area contributed by atoms with Gasteiger partial charge in [-0.2, -0.15) is 0 Å². The van der Waals surface area contributed by atoms with Gasteiger partial charge in [-0.3, -0.25) is 9.59 Å². The highest BCUT2D eigenvalue weighted by Gasteiger charge is 2.38. The van der Waals surface area contributed by atoms with Gasteiger partial charge in [0.05, 0.1) is 19.5 Å². The maximum absolute atomic E-state index is 13.1. The van der Waals surface area contributed by atoms with Crippen molar-refractivity contribution in [2.75, 3.05) is 27.2 Å². The number of benzene rings is 1. The molecule has 27 heavy (non-hydrogen) atoms. The van der Waals surface area contributed by atoms with E-state index >= 15 is 0 Å². The van der Waals surface area contributed by atoms with Crippen molar-refractivity contribution in [3.8, 4) is 0 Å². The fraction of sp³-hybridized carbons (Fsp3) is 0.333. The highest BCUT2D eigenvalue weighted by Crippen LogP contribution is 2.19. The predicted molar refractivity (Wildman–Crippen MR) is 99.8 cm³/mol. The van der Waals surface area contributed by atoms with Gasteiger partial charge in [-0.15, -0.1) is 0 Å². The van der Waals surface area contributed by atoms with Gasteiger partial charge in [0.1, 0.15) is 11.5 Å². The van der Waals surface area contributed by atoms with Crippen LogP contribution < -0.4 is 0 Å². The van der Waals surface area contributed by atoms with Crippen LogP contribution in [0.3, 0.4) is 0 Å². The number of halogens is 1. The molecule has 1 N–H and O–H groups in total. The molecule has 1 aliphatic rings. The second kappa shape index (κ2) is 7.93. The Balaban J connectivity index is 1.83. The molecule has 1 saturated heterocycles. The number of nitrogens with zero attached hydrogens (tertiary/aromatic N) is 4. The summed E-state index contributed by atoms with van der Waals surface area (Å²) >= 11 is 4.98. The number of hydrogen-bond acceptors (Lipinski definition) is 5. The lowest BCUT2D eigenvalue weighted by atomic mass is 10.1. The lowest BCUT2D eigenvalue weighted by Crippen LogP contribution is -2.45. The predicted octanol–water partition coefficient (Wildman–Crippen LogP) is 1.65. The zero-order valence-electron chi connectivity index (χ0n) is 15.1. The van der Waals surface area contributed by atoms with Crippen LogP contribution in [0.15, 0.2) is 36.5 Å². The number of nitrogens with one attached hydrogen (secondary N) is 1. The number of carbonyl (C=O) groups excluding carboxylic acids is 2. The van der Waals surface area contributed by atoms with E-state index in [4.69, 9.17) is 12.2 Å². The van der Waals surface area contributed by atoms with Crippen molar-refractivity contribution in [2.45, 2.75) is 12.5 Å². The highest BCUT2D eigenvalue weighted by atomic mass is 32.1. The van der Waals surface area contributed by atoms with Crippen molar-refractivity contribution in [1.82, 2.24) is 24.9 Å². The molecule has 0 spiro atoms. The molecule has 1 fully saturated rings. The monoisotopic (exact) mass is 389 g/mol. The molecule has 1 aliphatic heterocycles. The lowest BCUT2D eigenvalue weighted by molar-refractivity contribution is -0.139. The number of H-pyrrole nitrogens is 1. The maximum Gasteiger partial charge on any atom is 0.289 e. The highest BCUT2D eigenvalue weighted by molar-refractivity contribution is 7.71. The minimum absolute atomic E-state index is 0.0101. The SMILES string of the molecule is CN(C)C1CN(C(=O)Cc2ccc(F)cc2)N(C(=O)c2ccnc(=S)[nH]2)C1. The zero-order valence-corrected chi connectivity index (χ0v) is 15.9. The third kappa shape index (κ3) is 4.37. The van der Waals surface area contributed by atoms with Crippen LogP contribution in [0, 0.1) is 10.6 Å². The molecule has 0 saturated carbocycles. The molecule has 1 unspecified atom stereocenters. The molecule has 7 nitrogen and oxygen atoms in total. The van der Waals surface area contributed by atoms with Gasteiger partial charge in [0.25, 0.3) is 5.91 Å². The van der Waals surface area contributed by atoms with Gasteiger partial charge in [-0.25, -0.2) is 19.4 Å². The summed E-state index contributed by atoms with van der Waals surface area (Å²) in [6.07, 6.45) is 1.53. The summed E-state index contributed by atoms with van der Waals surface area (Å²) in [5, 5.41) is 2.88. The van der Waals surface area contributed by atoms with Crippen molar-refractivity contribution in [1.29, 1.82) is 0 Å². The largest absolute Gasteiger partial charge is 0.326 e. The first kappa shape index (κ1) is 19.1. The van der Waals surface area contributed by atoms with Gasteiger partial charge >= 0.3 is 0 Å². The normalized spacial score (nSPS) is 16.8. The van der Waals surface area contributed by atoms with E-state index in [0.29, 0.717) is 18.7 Å². The molecule has 2 amide bonds. The van der Waals surface area contributed by atoms with Gasteiger partial charge in [0, 0.05) is 12.2 Å². The van der Waals surface area contributed by atoms with Crippen LogP contribution in [0.1, 0.15) is 16.1 Å². The number of likely N-dealkylation sites (N-methyl/N-ethyl adjacent to an activating group) is 1. The summed E-state index contributed by atoms with van der Waals surface area (Å²) in [4.78, 5) is 34.4. The summed E-state index contributed by atoms with van der Waals surface area (Å²) < 4.78 is 13.3. The summed E-state index contributed by atoms with van der Waals surface area (Å²) in [5.41, 5.74) is 0.958. The molecule has 1 atom stereocenters. The van der Waals surface area contributed by atoms with Crippen LogP contribution in [0.4, 0.5) is 4.39 Å². The third-order valence-corrected chi connectivity index (χ3v) is 4.69. The molecular weight excluding hydrogens is 369 g/mol. The van der Waals surface area contributed by atoms with Crippen molar-refractivity contribution in [3.05, 3.63) is 58.4 Å². The lowest BCUT2D eigenvalue weighted by Gasteiger charge is -2.27. The van der Waals surface area contributed by atoms with Gasteiger partial charge in [0.15, 0.2) is 4.77 Å². The Morgan fingerprint density at radius 3 is 2.52 bits per heavy atom. The van der Waals surface area contributed by atoms with E-state index in [9.17, 15) is 14.0 Å². The molecule has 3 rings (SSSR count). The number of carbonyl (C=O) groups is 2. The average molecular weight is 389 g/mol. The Labute approximate surface area is 161 Å². The Morgan fingerprint density at radius 2 is 1.89 bits per heavy atom. The molecule has 9 heteroatoms. The summed E-state index contributed by atoms with van der Waals surface area (Å²) in [6.45, 7) is 0.772. The first-order valence-corrected chi connectivity index (χ1v) is 8.84. The van der Waals surface area contributed by atoms with E-state index in [2.05, 4.69) is 9.97 Å². The molecular formula is C18H20FN5O2S. The van der Waals surface area contributed by atoms with E-state index in [0.717, 1.165) is 0 Å². The second-order valence-electron chi connectivity index (χ2n) is 6.57. The Bertz CT molecular complexity index is 899. The molecule has 0 aliphatic carbocycles. The standard InChI is InChI=1S/C18H20FN5O2S/c1-22(2)14-10-23(16(25)9-12-3-5-13(19)6-4-12)24(11-14)17(26)15-7-8-20-18(27)21-15/h3-8,14H,9-11H2,1-2H3,(H,20,21,27). The summed E-state index contributed by atoms with van der Waals surface area (Å²) in [6, 6.07) is 7.31. The number of hydrazine groups is 1. The van der Waals surface area contributed by atoms with Crippen LogP contribution >= 0.6 is 12.2 Å². The van der Waals surface area contributed by atoms with Crippen LogP contribution in [-0.4, -0.2) is 69.9 Å². The van der Waals surface area contributed by atoms with Crippen molar-refractivity contribution in [3.63, 3.8) is 0 Å². The molecule has 2 aromatic rings. The topological polar surface area (TPSA) is 72.5 Å². The van der Waals surface area contributed by atoms with Crippen LogP contribution in [0.25, 0.3) is 0 Å². The van der Waals surface area contributed by atoms with Gasteiger partial charge in [0.2, 0.25) is 5.91 Å².